The van der Waals surface area contributed by atoms with Crippen LogP contribution < -0.4 is 5.32 Å². The van der Waals surface area contributed by atoms with E-state index in [1.54, 1.807) is 12.4 Å². The predicted octanol–water partition coefficient (Wildman–Crippen LogP) is 2.82. The van der Waals surface area contributed by atoms with Crippen LogP contribution in [0.25, 0.3) is 0 Å². The van der Waals surface area contributed by atoms with E-state index < -0.39 is 0 Å². The lowest BCUT2D eigenvalue weighted by Gasteiger charge is -2.13. The highest BCUT2D eigenvalue weighted by atomic mass is 35.5. The molecule has 0 aliphatic heterocycles. The van der Waals surface area contributed by atoms with E-state index in [2.05, 4.69) is 10.3 Å². The number of aromatic nitrogens is 1. The summed E-state index contributed by atoms with van der Waals surface area (Å²) >= 11 is 5.73. The van der Waals surface area contributed by atoms with Gasteiger partial charge in [-0.2, -0.15) is 0 Å². The van der Waals surface area contributed by atoms with Crippen molar-refractivity contribution in [1.82, 2.24) is 10.3 Å². The van der Waals surface area contributed by atoms with E-state index in [0.717, 1.165) is 5.56 Å². The third kappa shape index (κ3) is 2.65. The Hall–Kier alpha value is -1.81. The summed E-state index contributed by atoms with van der Waals surface area (Å²) in [5, 5.41) is 2.93. The fraction of sp³-hybridized carbons (Fsp3) is 0.167. The molecule has 88 valence electrons. The van der Waals surface area contributed by atoms with E-state index in [1.165, 1.54) is 12.3 Å². The molecule has 2 aromatic heterocycles. The zero-order valence-electron chi connectivity index (χ0n) is 9.18. The molecule has 0 aliphatic rings. The molecule has 4 nitrogen and oxygen atoms in total. The first kappa shape index (κ1) is 11.7. The number of carbonyl (C=O) groups excluding carboxylic acids is 1. The number of rotatable bonds is 3. The van der Waals surface area contributed by atoms with Crippen molar-refractivity contribution >= 4 is 17.5 Å². The molecule has 17 heavy (non-hydrogen) atoms. The largest absolute Gasteiger partial charge is 0.452 e. The van der Waals surface area contributed by atoms with Gasteiger partial charge in [0.15, 0.2) is 0 Å². The molecule has 0 saturated heterocycles. The van der Waals surface area contributed by atoms with Crippen molar-refractivity contribution < 1.29 is 9.21 Å². The lowest BCUT2D eigenvalue weighted by molar-refractivity contribution is 0.0939. The van der Waals surface area contributed by atoms with Gasteiger partial charge in [-0.15, -0.1) is 0 Å². The quantitative estimate of drug-likeness (QED) is 0.911. The molecule has 1 N–H and O–H groups in total. The average molecular weight is 251 g/mol. The number of hydrogen-bond donors (Lipinski definition) is 1. The van der Waals surface area contributed by atoms with Crippen LogP contribution >= 0.6 is 11.6 Å². The SMILES string of the molecule is CC(NC(=O)c1ccoc1Cl)c1ccncc1. The van der Waals surface area contributed by atoms with E-state index in [0.29, 0.717) is 5.56 Å². The molecule has 1 amide bonds. The van der Waals surface area contributed by atoms with Gasteiger partial charge in [0, 0.05) is 12.4 Å². The third-order valence-corrected chi connectivity index (χ3v) is 2.71. The lowest BCUT2D eigenvalue weighted by Crippen LogP contribution is -2.26. The van der Waals surface area contributed by atoms with Crippen LogP contribution in [0.4, 0.5) is 0 Å². The van der Waals surface area contributed by atoms with Crippen LogP contribution in [0.1, 0.15) is 28.9 Å². The molecule has 0 bridgehead atoms. The molecule has 2 aromatic rings. The predicted molar refractivity (Wildman–Crippen MR) is 63.8 cm³/mol. The number of hydrogen-bond acceptors (Lipinski definition) is 3. The van der Waals surface area contributed by atoms with Gasteiger partial charge in [0.2, 0.25) is 5.22 Å². The minimum Gasteiger partial charge on any atom is -0.452 e. The van der Waals surface area contributed by atoms with Gasteiger partial charge in [-0.25, -0.2) is 0 Å². The van der Waals surface area contributed by atoms with E-state index in [-0.39, 0.29) is 17.2 Å². The first-order valence-corrected chi connectivity index (χ1v) is 5.50. The number of carbonyl (C=O) groups is 1. The summed E-state index contributed by atoms with van der Waals surface area (Å²) in [7, 11) is 0. The molecule has 2 rings (SSSR count). The highest BCUT2D eigenvalue weighted by molar-refractivity contribution is 6.32. The van der Waals surface area contributed by atoms with Crippen molar-refractivity contribution in [2.45, 2.75) is 13.0 Å². The zero-order chi connectivity index (χ0) is 12.3. The highest BCUT2D eigenvalue weighted by Crippen LogP contribution is 2.18. The van der Waals surface area contributed by atoms with Crippen molar-refractivity contribution in [2.75, 3.05) is 0 Å². The Morgan fingerprint density at radius 3 is 2.71 bits per heavy atom. The molecule has 0 aromatic carbocycles. The molecular weight excluding hydrogens is 240 g/mol. The minimum absolute atomic E-state index is 0.101. The second kappa shape index (κ2) is 5.01. The van der Waals surface area contributed by atoms with Gasteiger partial charge < -0.3 is 9.73 Å². The number of pyridine rings is 1. The van der Waals surface area contributed by atoms with Crippen LogP contribution in [0, 0.1) is 0 Å². The Morgan fingerprint density at radius 1 is 1.41 bits per heavy atom. The highest BCUT2D eigenvalue weighted by Gasteiger charge is 2.15. The molecule has 0 saturated carbocycles. The Kier molecular flexibility index (Phi) is 3.44. The zero-order valence-corrected chi connectivity index (χ0v) is 9.94. The monoisotopic (exact) mass is 250 g/mol. The Labute approximate surface area is 104 Å². The number of nitrogens with one attached hydrogen (secondary N) is 1. The van der Waals surface area contributed by atoms with Crippen molar-refractivity contribution in [3.63, 3.8) is 0 Å². The summed E-state index contributed by atoms with van der Waals surface area (Å²) < 4.78 is 4.87. The Balaban J connectivity index is 2.08. The molecule has 1 unspecified atom stereocenters. The van der Waals surface area contributed by atoms with Crippen molar-refractivity contribution in [3.8, 4) is 0 Å². The normalized spacial score (nSPS) is 12.1. The maximum Gasteiger partial charge on any atom is 0.256 e. The van der Waals surface area contributed by atoms with Crippen LogP contribution in [0.3, 0.4) is 0 Å². The van der Waals surface area contributed by atoms with Crippen LogP contribution in [0.2, 0.25) is 5.22 Å². The first-order chi connectivity index (χ1) is 8.18. The molecule has 2 heterocycles. The van der Waals surface area contributed by atoms with Crippen LogP contribution in [0.5, 0.6) is 0 Å². The van der Waals surface area contributed by atoms with Gasteiger partial charge in [0.1, 0.15) is 0 Å². The molecule has 0 aliphatic carbocycles. The average Bonchev–Trinajstić information content (AvgIpc) is 2.76. The minimum atomic E-state index is -0.256. The second-order valence-corrected chi connectivity index (χ2v) is 3.93. The van der Waals surface area contributed by atoms with E-state index in [9.17, 15) is 4.79 Å². The molecule has 5 heteroatoms. The third-order valence-electron chi connectivity index (χ3n) is 2.42. The molecule has 0 fully saturated rings. The summed E-state index contributed by atoms with van der Waals surface area (Å²) in [6.07, 6.45) is 4.75. The Morgan fingerprint density at radius 2 is 2.12 bits per heavy atom. The summed E-state index contributed by atoms with van der Waals surface area (Å²) in [4.78, 5) is 15.8. The summed E-state index contributed by atoms with van der Waals surface area (Å²) in [5.41, 5.74) is 1.32. The Bertz CT molecular complexity index is 510. The molecular formula is C12H11ClN2O2. The van der Waals surface area contributed by atoms with Gasteiger partial charge in [-0.1, -0.05) is 0 Å². The standard InChI is InChI=1S/C12H11ClN2O2/c1-8(9-2-5-14-6-3-9)15-12(16)10-4-7-17-11(10)13/h2-8H,1H3,(H,15,16). The maximum absolute atomic E-state index is 11.8. The summed E-state index contributed by atoms with van der Waals surface area (Å²) in [6, 6.07) is 5.12. The van der Waals surface area contributed by atoms with Crippen LogP contribution in [-0.2, 0) is 0 Å². The van der Waals surface area contributed by atoms with Crippen molar-refractivity contribution in [2.24, 2.45) is 0 Å². The van der Waals surface area contributed by atoms with E-state index in [1.807, 2.05) is 19.1 Å². The topological polar surface area (TPSA) is 55.1 Å². The first-order valence-electron chi connectivity index (χ1n) is 5.12. The maximum atomic E-state index is 11.8. The van der Waals surface area contributed by atoms with Gasteiger partial charge in [0.05, 0.1) is 17.9 Å². The summed E-state index contributed by atoms with van der Waals surface area (Å²) in [6.45, 7) is 1.89. The van der Waals surface area contributed by atoms with Gasteiger partial charge in [-0.05, 0) is 42.3 Å². The van der Waals surface area contributed by atoms with Gasteiger partial charge >= 0.3 is 0 Å². The van der Waals surface area contributed by atoms with Gasteiger partial charge in [-0.3, -0.25) is 9.78 Å². The van der Waals surface area contributed by atoms with E-state index >= 15 is 0 Å². The number of furan rings is 1. The second-order valence-electron chi connectivity index (χ2n) is 3.58. The fourth-order valence-corrected chi connectivity index (χ4v) is 1.67. The molecule has 1 atom stereocenters. The number of halogens is 1. The lowest BCUT2D eigenvalue weighted by atomic mass is 10.1. The van der Waals surface area contributed by atoms with Crippen molar-refractivity contribution in [3.05, 3.63) is 53.2 Å². The van der Waals surface area contributed by atoms with Crippen molar-refractivity contribution in [1.29, 1.82) is 0 Å². The molecule has 0 spiro atoms. The number of nitrogens with zero attached hydrogens (tertiary/aromatic N) is 1. The summed E-state index contributed by atoms with van der Waals surface area (Å²) in [5.74, 6) is -0.256. The van der Waals surface area contributed by atoms with Crippen LogP contribution in [-0.4, -0.2) is 10.9 Å². The fourth-order valence-electron chi connectivity index (χ4n) is 1.47. The number of amides is 1. The van der Waals surface area contributed by atoms with Crippen LogP contribution in [0.15, 0.2) is 41.3 Å². The van der Waals surface area contributed by atoms with E-state index in [4.69, 9.17) is 16.0 Å². The smallest absolute Gasteiger partial charge is 0.256 e. The van der Waals surface area contributed by atoms with Gasteiger partial charge in [0.25, 0.3) is 5.91 Å². The molecule has 0 radical (unpaired) electrons.